The highest BCUT2D eigenvalue weighted by Gasteiger charge is 2.13. The van der Waals surface area contributed by atoms with Gasteiger partial charge in [0.15, 0.2) is 12.4 Å². The Bertz CT molecular complexity index is 601. The highest BCUT2D eigenvalue weighted by molar-refractivity contribution is 6.39. The van der Waals surface area contributed by atoms with Crippen molar-refractivity contribution in [1.29, 1.82) is 0 Å². The van der Waals surface area contributed by atoms with Gasteiger partial charge in [-0.1, -0.05) is 23.2 Å². The quantitative estimate of drug-likeness (QED) is 0.813. The van der Waals surface area contributed by atoms with Crippen LogP contribution in [0.25, 0.3) is 10.9 Å². The molecule has 0 radical (unpaired) electrons. The van der Waals surface area contributed by atoms with Gasteiger partial charge in [-0.2, -0.15) is 0 Å². The predicted molar refractivity (Wildman–Crippen MR) is 69.3 cm³/mol. The van der Waals surface area contributed by atoms with Crippen molar-refractivity contribution >= 4 is 40.1 Å². The summed E-state index contributed by atoms with van der Waals surface area (Å²) in [5, 5.41) is 1.49. The van der Waals surface area contributed by atoms with Crippen LogP contribution in [0.3, 0.4) is 0 Å². The number of pyridine rings is 1. The zero-order valence-corrected chi connectivity index (χ0v) is 11.0. The molecule has 0 aliphatic rings. The number of ether oxygens (including phenoxy) is 2. The molecule has 0 amide bonds. The first-order valence-electron chi connectivity index (χ1n) is 5.06. The summed E-state index contributed by atoms with van der Waals surface area (Å²) >= 11 is 12.1. The van der Waals surface area contributed by atoms with Gasteiger partial charge in [0.1, 0.15) is 5.52 Å². The number of carbonyl (C=O) groups is 1. The van der Waals surface area contributed by atoms with E-state index in [1.807, 2.05) is 0 Å². The first-order chi connectivity index (χ1) is 8.63. The topological polar surface area (TPSA) is 48.4 Å². The molecule has 0 aliphatic carbocycles. The predicted octanol–water partition coefficient (Wildman–Crippen LogP) is 3.09. The summed E-state index contributed by atoms with van der Waals surface area (Å²) in [6, 6.07) is 5.11. The SMILES string of the molecule is COC(=O)COc1c(Cl)cc(Cl)c2cccnc12. The number of fused-ring (bicyclic) bond motifs is 1. The Kier molecular flexibility index (Phi) is 3.89. The first kappa shape index (κ1) is 12.9. The number of hydrogen-bond acceptors (Lipinski definition) is 4. The van der Waals surface area contributed by atoms with Gasteiger partial charge in [0.05, 0.1) is 17.2 Å². The number of rotatable bonds is 3. The maximum Gasteiger partial charge on any atom is 0.343 e. The Hall–Kier alpha value is -1.52. The van der Waals surface area contributed by atoms with E-state index in [4.69, 9.17) is 27.9 Å². The summed E-state index contributed by atoms with van der Waals surface area (Å²) in [4.78, 5) is 15.2. The van der Waals surface area contributed by atoms with E-state index in [0.717, 1.165) is 0 Å². The smallest absolute Gasteiger partial charge is 0.343 e. The largest absolute Gasteiger partial charge is 0.478 e. The molecule has 0 unspecified atom stereocenters. The summed E-state index contributed by atoms with van der Waals surface area (Å²) in [5.41, 5.74) is 0.513. The van der Waals surface area contributed by atoms with E-state index < -0.39 is 5.97 Å². The zero-order chi connectivity index (χ0) is 13.1. The molecule has 2 rings (SSSR count). The van der Waals surface area contributed by atoms with Crippen molar-refractivity contribution in [3.8, 4) is 5.75 Å². The Morgan fingerprint density at radius 1 is 1.39 bits per heavy atom. The van der Waals surface area contributed by atoms with Crippen LogP contribution in [-0.2, 0) is 9.53 Å². The van der Waals surface area contributed by atoms with Crippen molar-refractivity contribution in [3.63, 3.8) is 0 Å². The standard InChI is InChI=1S/C12H9Cl2NO3/c1-17-10(16)6-18-12-9(14)5-8(13)7-3-2-4-15-11(7)12/h2-5H,6H2,1H3. The molecule has 0 fully saturated rings. The number of methoxy groups -OCH3 is 1. The molecule has 1 aromatic heterocycles. The zero-order valence-electron chi connectivity index (χ0n) is 9.44. The van der Waals surface area contributed by atoms with Gasteiger partial charge in [0, 0.05) is 11.6 Å². The summed E-state index contributed by atoms with van der Waals surface area (Å²) in [6.45, 7) is -0.233. The lowest BCUT2D eigenvalue weighted by Crippen LogP contribution is -2.13. The molecule has 1 heterocycles. The molecule has 0 aliphatic heterocycles. The third-order valence-electron chi connectivity index (χ3n) is 2.31. The van der Waals surface area contributed by atoms with Gasteiger partial charge < -0.3 is 9.47 Å². The fourth-order valence-corrected chi connectivity index (χ4v) is 2.04. The molecular formula is C12H9Cl2NO3. The van der Waals surface area contributed by atoms with Crippen LogP contribution < -0.4 is 4.74 Å². The monoisotopic (exact) mass is 285 g/mol. The molecule has 0 saturated heterocycles. The third kappa shape index (κ3) is 2.49. The van der Waals surface area contributed by atoms with Crippen LogP contribution in [0.1, 0.15) is 0 Å². The third-order valence-corrected chi connectivity index (χ3v) is 2.91. The number of carbonyl (C=O) groups excluding carboxylic acids is 1. The minimum atomic E-state index is -0.495. The lowest BCUT2D eigenvalue weighted by molar-refractivity contribution is -0.142. The molecular weight excluding hydrogens is 277 g/mol. The normalized spacial score (nSPS) is 10.4. The Labute approximate surface area is 113 Å². The molecule has 0 spiro atoms. The number of nitrogens with zero attached hydrogens (tertiary/aromatic N) is 1. The van der Waals surface area contributed by atoms with Crippen LogP contribution in [0, 0.1) is 0 Å². The molecule has 18 heavy (non-hydrogen) atoms. The van der Waals surface area contributed by atoms with Crippen molar-refractivity contribution in [3.05, 3.63) is 34.4 Å². The Morgan fingerprint density at radius 3 is 2.89 bits per heavy atom. The molecule has 1 aromatic carbocycles. The second-order valence-corrected chi connectivity index (χ2v) is 4.25. The van der Waals surface area contributed by atoms with E-state index >= 15 is 0 Å². The van der Waals surface area contributed by atoms with Gasteiger partial charge in [0.2, 0.25) is 0 Å². The fraction of sp³-hybridized carbons (Fsp3) is 0.167. The van der Waals surface area contributed by atoms with Crippen LogP contribution in [-0.4, -0.2) is 24.7 Å². The summed E-state index contributed by atoms with van der Waals surface area (Å²) < 4.78 is 9.82. The van der Waals surface area contributed by atoms with Gasteiger partial charge in [-0.25, -0.2) is 4.79 Å². The molecule has 6 heteroatoms. The van der Waals surface area contributed by atoms with E-state index in [1.165, 1.54) is 7.11 Å². The maximum absolute atomic E-state index is 11.1. The van der Waals surface area contributed by atoms with Crippen molar-refractivity contribution in [2.45, 2.75) is 0 Å². The van der Waals surface area contributed by atoms with Gasteiger partial charge in [0.25, 0.3) is 0 Å². The molecule has 4 nitrogen and oxygen atoms in total. The molecule has 0 saturated carbocycles. The maximum atomic E-state index is 11.1. The molecule has 0 N–H and O–H groups in total. The molecule has 0 bridgehead atoms. The average molecular weight is 286 g/mol. The van der Waals surface area contributed by atoms with Crippen molar-refractivity contribution < 1.29 is 14.3 Å². The summed E-state index contributed by atoms with van der Waals surface area (Å²) in [5.74, 6) is -0.174. The number of esters is 1. The van der Waals surface area contributed by atoms with E-state index in [2.05, 4.69) is 9.72 Å². The molecule has 0 atom stereocenters. The average Bonchev–Trinajstić information content (AvgIpc) is 2.38. The second-order valence-electron chi connectivity index (χ2n) is 3.43. The van der Waals surface area contributed by atoms with Gasteiger partial charge in [-0.15, -0.1) is 0 Å². The second kappa shape index (κ2) is 5.42. The minimum absolute atomic E-state index is 0.233. The molecule has 2 aromatic rings. The van der Waals surface area contributed by atoms with Crippen LogP contribution in [0.4, 0.5) is 0 Å². The molecule has 94 valence electrons. The van der Waals surface area contributed by atoms with Crippen LogP contribution in [0.2, 0.25) is 10.0 Å². The highest BCUT2D eigenvalue weighted by Crippen LogP contribution is 2.36. The number of aromatic nitrogens is 1. The van der Waals surface area contributed by atoms with E-state index in [-0.39, 0.29) is 6.61 Å². The number of hydrogen-bond donors (Lipinski definition) is 0. The van der Waals surface area contributed by atoms with E-state index in [1.54, 1.807) is 24.4 Å². The highest BCUT2D eigenvalue weighted by atomic mass is 35.5. The van der Waals surface area contributed by atoms with Crippen LogP contribution in [0.5, 0.6) is 5.75 Å². The fourth-order valence-electron chi connectivity index (χ4n) is 1.47. The number of halogens is 2. The van der Waals surface area contributed by atoms with Crippen LogP contribution >= 0.6 is 23.2 Å². The number of benzene rings is 1. The first-order valence-corrected chi connectivity index (χ1v) is 5.81. The van der Waals surface area contributed by atoms with Crippen LogP contribution in [0.15, 0.2) is 24.4 Å². The van der Waals surface area contributed by atoms with Crippen molar-refractivity contribution in [1.82, 2.24) is 4.98 Å². The Morgan fingerprint density at radius 2 is 2.17 bits per heavy atom. The van der Waals surface area contributed by atoms with Gasteiger partial charge in [-0.3, -0.25) is 4.98 Å². The Balaban J connectivity index is 2.46. The lowest BCUT2D eigenvalue weighted by atomic mass is 10.2. The minimum Gasteiger partial charge on any atom is -0.478 e. The van der Waals surface area contributed by atoms with E-state index in [9.17, 15) is 4.79 Å². The van der Waals surface area contributed by atoms with Gasteiger partial charge >= 0.3 is 5.97 Å². The summed E-state index contributed by atoms with van der Waals surface area (Å²) in [7, 11) is 1.28. The lowest BCUT2D eigenvalue weighted by Gasteiger charge is -2.10. The summed E-state index contributed by atoms with van der Waals surface area (Å²) in [6.07, 6.45) is 1.60. The van der Waals surface area contributed by atoms with E-state index in [0.29, 0.717) is 26.7 Å². The van der Waals surface area contributed by atoms with Crippen molar-refractivity contribution in [2.24, 2.45) is 0 Å². The van der Waals surface area contributed by atoms with Crippen molar-refractivity contribution in [2.75, 3.05) is 13.7 Å². The van der Waals surface area contributed by atoms with Gasteiger partial charge in [-0.05, 0) is 18.2 Å².